The van der Waals surface area contributed by atoms with Crippen molar-refractivity contribution in [2.75, 3.05) is 9.80 Å². The summed E-state index contributed by atoms with van der Waals surface area (Å²) in [6.07, 6.45) is 0. The Hall–Kier alpha value is -5.80. The van der Waals surface area contributed by atoms with Crippen LogP contribution in [0.1, 0.15) is 45.2 Å². The fourth-order valence-corrected chi connectivity index (χ4v) is 9.27. The van der Waals surface area contributed by atoms with Gasteiger partial charge in [-0.25, -0.2) is 0 Å². The van der Waals surface area contributed by atoms with Crippen molar-refractivity contribution in [2.45, 2.75) is 11.8 Å². The van der Waals surface area contributed by atoms with E-state index in [0.29, 0.717) is 0 Å². The lowest BCUT2D eigenvalue weighted by molar-refractivity contribution is 0.936. The fraction of sp³-hybridized carbons (Fsp3) is 0.0455. The van der Waals surface area contributed by atoms with Gasteiger partial charge in [0.25, 0.3) is 6.71 Å². The quantitative estimate of drug-likeness (QED) is 0.184. The molecule has 7 aromatic carbocycles. The number of nitrogens with zero attached hydrogens (tertiary/aromatic N) is 2. The first-order valence-electron chi connectivity index (χ1n) is 16.6. The van der Waals surface area contributed by atoms with Crippen LogP contribution in [0.3, 0.4) is 0 Å². The number of hydrogen-bond acceptors (Lipinski definition) is 2. The lowest BCUT2D eigenvalue weighted by atomic mass is 9.33. The van der Waals surface area contributed by atoms with E-state index in [2.05, 4.69) is 174 Å². The molecule has 0 amide bonds. The van der Waals surface area contributed by atoms with Gasteiger partial charge in [-0.1, -0.05) is 140 Å². The maximum atomic E-state index is 2.58. The number of fused-ring (bicyclic) bond motifs is 8. The standard InChI is InChI=1S/C44H29BN2/c1-3-14-28(15-4-1)40-30-18-7-9-24-36(30)46-38-26-13-27-39-42(38)45(34-22-11-20-32(40)43(34)46)35-23-12-21-33-41(29-16-5-2-6-17-29)31-19-8-10-25-37(31)47(39)44(33)35/h1-27,40-41H. The van der Waals surface area contributed by atoms with Crippen molar-refractivity contribution in [3.8, 4) is 0 Å². The highest BCUT2D eigenvalue weighted by Gasteiger charge is 2.48. The average Bonchev–Trinajstić information content (AvgIpc) is 3.14. The lowest BCUT2D eigenvalue weighted by Gasteiger charge is -2.49. The van der Waals surface area contributed by atoms with Gasteiger partial charge in [0, 0.05) is 34.6 Å². The molecule has 0 spiro atoms. The molecule has 2 atom stereocenters. The molecule has 47 heavy (non-hydrogen) atoms. The predicted octanol–water partition coefficient (Wildman–Crippen LogP) is 8.76. The first-order chi connectivity index (χ1) is 23.4. The Morgan fingerprint density at radius 2 is 0.723 bits per heavy atom. The van der Waals surface area contributed by atoms with Gasteiger partial charge in [-0.15, -0.1) is 0 Å². The van der Waals surface area contributed by atoms with Crippen LogP contribution in [-0.4, -0.2) is 6.71 Å². The van der Waals surface area contributed by atoms with Crippen molar-refractivity contribution in [3.63, 3.8) is 0 Å². The Balaban J connectivity index is 1.24. The monoisotopic (exact) mass is 596 g/mol. The number of para-hydroxylation sites is 4. The third-order valence-corrected chi connectivity index (χ3v) is 11.0. The summed E-state index contributed by atoms with van der Waals surface area (Å²) in [5.41, 5.74) is 20.1. The second kappa shape index (κ2) is 9.37. The Bertz CT molecular complexity index is 2230. The van der Waals surface area contributed by atoms with Gasteiger partial charge in [-0.05, 0) is 74.0 Å². The Kier molecular flexibility index (Phi) is 5.07. The third kappa shape index (κ3) is 3.26. The summed E-state index contributed by atoms with van der Waals surface area (Å²) < 4.78 is 0. The molecule has 4 aliphatic heterocycles. The molecule has 0 aromatic heterocycles. The van der Waals surface area contributed by atoms with Crippen LogP contribution in [-0.2, 0) is 0 Å². The van der Waals surface area contributed by atoms with Gasteiger partial charge in [0.2, 0.25) is 0 Å². The van der Waals surface area contributed by atoms with Gasteiger partial charge in [-0.2, -0.15) is 0 Å². The number of benzene rings is 7. The Morgan fingerprint density at radius 1 is 0.340 bits per heavy atom. The molecule has 0 N–H and O–H groups in total. The summed E-state index contributed by atoms with van der Waals surface area (Å²) in [5.74, 6) is 0.338. The minimum Gasteiger partial charge on any atom is -0.311 e. The molecule has 0 bridgehead atoms. The van der Waals surface area contributed by atoms with Crippen LogP contribution in [0.5, 0.6) is 0 Å². The zero-order chi connectivity index (χ0) is 30.6. The molecular formula is C44H29BN2. The largest absolute Gasteiger partial charge is 0.311 e. The normalized spacial score (nSPS) is 17.2. The SMILES string of the molecule is c1ccc(C2c3ccccc3N3c4cccc5c4B(c4cccc2c43)c2cccc3c2N5c2ccccc2C3c2ccccc2)cc1. The van der Waals surface area contributed by atoms with E-state index < -0.39 is 0 Å². The summed E-state index contributed by atoms with van der Waals surface area (Å²) in [4.78, 5) is 5.15. The zero-order valence-electron chi connectivity index (χ0n) is 25.7. The van der Waals surface area contributed by atoms with E-state index >= 15 is 0 Å². The van der Waals surface area contributed by atoms with E-state index in [1.807, 2.05) is 0 Å². The highest BCUT2D eigenvalue weighted by atomic mass is 15.2. The van der Waals surface area contributed by atoms with E-state index in [-0.39, 0.29) is 18.5 Å². The van der Waals surface area contributed by atoms with Crippen LogP contribution >= 0.6 is 0 Å². The van der Waals surface area contributed by atoms with Crippen molar-refractivity contribution < 1.29 is 0 Å². The molecule has 4 aliphatic rings. The van der Waals surface area contributed by atoms with E-state index in [4.69, 9.17) is 0 Å². The molecule has 3 heteroatoms. The van der Waals surface area contributed by atoms with Gasteiger partial charge in [0.1, 0.15) is 0 Å². The topological polar surface area (TPSA) is 6.48 Å². The molecule has 0 aliphatic carbocycles. The van der Waals surface area contributed by atoms with Gasteiger partial charge in [0.05, 0.1) is 11.4 Å². The van der Waals surface area contributed by atoms with Gasteiger partial charge in [0.15, 0.2) is 0 Å². The molecule has 0 fully saturated rings. The Morgan fingerprint density at radius 3 is 1.21 bits per heavy atom. The van der Waals surface area contributed by atoms with Crippen molar-refractivity contribution in [1.29, 1.82) is 0 Å². The van der Waals surface area contributed by atoms with Crippen LogP contribution in [0, 0.1) is 0 Å². The van der Waals surface area contributed by atoms with E-state index in [1.54, 1.807) is 0 Å². The molecule has 0 radical (unpaired) electrons. The maximum absolute atomic E-state index is 2.58. The van der Waals surface area contributed by atoms with Crippen LogP contribution in [0.2, 0.25) is 0 Å². The van der Waals surface area contributed by atoms with Crippen LogP contribution in [0.25, 0.3) is 0 Å². The van der Waals surface area contributed by atoms with Crippen LogP contribution in [0.4, 0.5) is 34.1 Å². The minimum absolute atomic E-state index is 0.127. The smallest absolute Gasteiger partial charge is 0.252 e. The molecule has 218 valence electrons. The average molecular weight is 597 g/mol. The minimum atomic E-state index is 0.127. The van der Waals surface area contributed by atoms with E-state index in [1.165, 1.54) is 83.9 Å². The first kappa shape index (κ1) is 25.4. The van der Waals surface area contributed by atoms with Crippen molar-refractivity contribution in [1.82, 2.24) is 0 Å². The summed E-state index contributed by atoms with van der Waals surface area (Å²) in [6.45, 7) is 0.127. The van der Waals surface area contributed by atoms with Crippen LogP contribution in [0.15, 0.2) is 164 Å². The molecule has 11 rings (SSSR count). The third-order valence-electron chi connectivity index (χ3n) is 11.0. The van der Waals surface area contributed by atoms with Gasteiger partial charge < -0.3 is 9.80 Å². The predicted molar refractivity (Wildman–Crippen MR) is 195 cm³/mol. The van der Waals surface area contributed by atoms with Gasteiger partial charge in [-0.3, -0.25) is 0 Å². The molecule has 2 unspecified atom stereocenters. The molecule has 0 saturated heterocycles. The number of hydrogen-bond donors (Lipinski definition) is 0. The second-order valence-corrected chi connectivity index (χ2v) is 13.2. The van der Waals surface area contributed by atoms with E-state index in [9.17, 15) is 0 Å². The summed E-state index contributed by atoms with van der Waals surface area (Å²) in [6, 6.07) is 61.3. The van der Waals surface area contributed by atoms with Crippen molar-refractivity contribution in [2.24, 2.45) is 0 Å². The summed E-state index contributed by atoms with van der Waals surface area (Å²) in [5, 5.41) is 0. The van der Waals surface area contributed by atoms with Crippen LogP contribution < -0.4 is 26.2 Å². The van der Waals surface area contributed by atoms with E-state index in [0.717, 1.165) is 0 Å². The Labute approximate surface area is 275 Å². The second-order valence-electron chi connectivity index (χ2n) is 13.2. The molecule has 0 saturated carbocycles. The van der Waals surface area contributed by atoms with Crippen molar-refractivity contribution in [3.05, 3.63) is 197 Å². The highest BCUT2D eigenvalue weighted by Crippen LogP contribution is 2.56. The highest BCUT2D eigenvalue weighted by molar-refractivity contribution is 7.00. The number of anilines is 6. The first-order valence-corrected chi connectivity index (χ1v) is 16.6. The lowest BCUT2D eigenvalue weighted by Crippen LogP contribution is -2.62. The van der Waals surface area contributed by atoms with Gasteiger partial charge >= 0.3 is 0 Å². The maximum Gasteiger partial charge on any atom is 0.252 e. The molecule has 7 aromatic rings. The fourth-order valence-electron chi connectivity index (χ4n) is 9.27. The molecule has 2 nitrogen and oxygen atoms in total. The molecular weight excluding hydrogens is 567 g/mol. The zero-order valence-corrected chi connectivity index (χ0v) is 25.7. The van der Waals surface area contributed by atoms with Crippen molar-refractivity contribution >= 4 is 57.2 Å². The summed E-state index contributed by atoms with van der Waals surface area (Å²) in [7, 11) is 0. The summed E-state index contributed by atoms with van der Waals surface area (Å²) >= 11 is 0. The molecule has 4 heterocycles. The number of rotatable bonds is 2.